The molecule has 2 aromatic rings. The summed E-state index contributed by atoms with van der Waals surface area (Å²) in [6.07, 6.45) is 1.07. The lowest BCUT2D eigenvalue weighted by Crippen LogP contribution is -2.49. The number of hydrogen-bond acceptors (Lipinski definition) is 6. The number of aliphatic hydroxyl groups is 1. The van der Waals surface area contributed by atoms with Gasteiger partial charge in [-0.25, -0.2) is 12.7 Å². The van der Waals surface area contributed by atoms with Crippen LogP contribution in [0.3, 0.4) is 0 Å². The Kier molecular flexibility index (Phi) is 7.58. The average Bonchev–Trinajstić information content (AvgIpc) is 2.77. The van der Waals surface area contributed by atoms with Crippen LogP contribution in [-0.4, -0.2) is 72.0 Å². The van der Waals surface area contributed by atoms with Crippen molar-refractivity contribution < 1.29 is 23.1 Å². The average molecular weight is 497 g/mol. The lowest BCUT2D eigenvalue weighted by atomic mass is 10.1. The van der Waals surface area contributed by atoms with E-state index in [-0.39, 0.29) is 49.5 Å². The third-order valence-electron chi connectivity index (χ3n) is 5.48. The summed E-state index contributed by atoms with van der Waals surface area (Å²) >= 11 is 5.85. The maximum atomic E-state index is 13.0. The summed E-state index contributed by atoms with van der Waals surface area (Å²) < 4.78 is 25.5. The molecule has 0 saturated carbocycles. The predicted octanol–water partition coefficient (Wildman–Crippen LogP) is 0.271. The molecule has 0 unspecified atom stereocenters. The van der Waals surface area contributed by atoms with Crippen molar-refractivity contribution in [3.8, 4) is 0 Å². The number of amides is 2. The first kappa shape index (κ1) is 24.9. The van der Waals surface area contributed by atoms with Crippen molar-refractivity contribution in [1.82, 2.24) is 19.1 Å². The molecular formula is C21H25ClN4O6S. The molecule has 0 radical (unpaired) electrons. The number of sulfonamides is 1. The molecule has 1 aromatic heterocycles. The van der Waals surface area contributed by atoms with Gasteiger partial charge in [0.2, 0.25) is 10.0 Å². The van der Waals surface area contributed by atoms with Crippen LogP contribution in [0.1, 0.15) is 32.0 Å². The van der Waals surface area contributed by atoms with E-state index < -0.39 is 34.0 Å². The molecule has 3 rings (SSSR count). The first-order valence-corrected chi connectivity index (χ1v) is 12.4. The van der Waals surface area contributed by atoms with E-state index >= 15 is 0 Å². The van der Waals surface area contributed by atoms with Gasteiger partial charge in [0, 0.05) is 50.4 Å². The molecule has 1 aromatic carbocycles. The molecule has 1 aliphatic rings. The second-order valence-corrected chi connectivity index (χ2v) is 10.3. The van der Waals surface area contributed by atoms with Crippen LogP contribution in [0, 0.1) is 0 Å². The molecule has 0 saturated heterocycles. The summed E-state index contributed by atoms with van der Waals surface area (Å²) in [5.74, 6) is -1.12. The number of aliphatic hydroxyl groups excluding tert-OH is 1. The summed E-state index contributed by atoms with van der Waals surface area (Å²) in [7, 11) is -1.98. The Bertz CT molecular complexity index is 1230. The number of aromatic nitrogens is 1. The number of rotatable bonds is 8. The quantitative estimate of drug-likeness (QED) is 0.539. The number of carbonyl (C=O) groups is 2. The minimum atomic E-state index is -3.39. The number of halogens is 1. The van der Waals surface area contributed by atoms with Gasteiger partial charge >= 0.3 is 0 Å². The number of nitrogens with one attached hydrogen (secondary N) is 1. The summed E-state index contributed by atoms with van der Waals surface area (Å²) in [6.45, 7) is 0.138. The standard InChI is InChI=1S/C21H25ClN4O6S/c1-24(33(2,31)32)7-8-25-9-10-26-18(21(25)30)15(13-27)11-17(20(26)29)19(28)23-12-14-3-5-16(22)6-4-14/h3-6,11,27H,7-10,12-13H2,1-2H3,(H,23,28). The van der Waals surface area contributed by atoms with E-state index in [1.54, 1.807) is 24.3 Å². The number of likely N-dealkylation sites (N-methyl/N-ethyl adjacent to an activating group) is 1. The zero-order valence-electron chi connectivity index (χ0n) is 18.2. The number of benzene rings is 1. The van der Waals surface area contributed by atoms with E-state index in [9.17, 15) is 27.9 Å². The molecule has 0 atom stereocenters. The number of hydrogen-bond donors (Lipinski definition) is 2. The van der Waals surface area contributed by atoms with Crippen molar-refractivity contribution in [3.63, 3.8) is 0 Å². The summed E-state index contributed by atoms with van der Waals surface area (Å²) in [5.41, 5.74) is 0.146. The van der Waals surface area contributed by atoms with Crippen molar-refractivity contribution in [2.45, 2.75) is 19.7 Å². The normalized spacial score (nSPS) is 13.8. The Morgan fingerprint density at radius 2 is 1.88 bits per heavy atom. The van der Waals surface area contributed by atoms with Crippen LogP contribution in [0.2, 0.25) is 5.02 Å². The molecular weight excluding hydrogens is 472 g/mol. The van der Waals surface area contributed by atoms with Crippen molar-refractivity contribution in [3.05, 3.63) is 68.1 Å². The highest BCUT2D eigenvalue weighted by Crippen LogP contribution is 2.17. The Hall–Kier alpha value is -2.73. The SMILES string of the molecule is CN(CCN1CCn2c(c(CO)cc(C(=O)NCc3ccc(Cl)cc3)c2=O)C1=O)S(C)(=O)=O. The summed E-state index contributed by atoms with van der Waals surface area (Å²) in [6, 6.07) is 8.10. The van der Waals surface area contributed by atoms with Gasteiger partial charge < -0.3 is 19.9 Å². The topological polar surface area (TPSA) is 129 Å². The number of nitrogens with zero attached hydrogens (tertiary/aromatic N) is 3. The number of fused-ring (bicyclic) bond motifs is 1. The fraction of sp³-hybridized carbons (Fsp3) is 0.381. The second-order valence-electron chi connectivity index (χ2n) is 7.73. The molecule has 1 aliphatic heterocycles. The lowest BCUT2D eigenvalue weighted by Gasteiger charge is -2.32. The molecule has 0 spiro atoms. The maximum absolute atomic E-state index is 13.0. The van der Waals surface area contributed by atoms with E-state index in [1.165, 1.54) is 22.6 Å². The molecule has 0 aliphatic carbocycles. The third-order valence-corrected chi connectivity index (χ3v) is 7.05. The summed E-state index contributed by atoms with van der Waals surface area (Å²) in [5, 5.41) is 13.1. The van der Waals surface area contributed by atoms with Gasteiger partial charge in [-0.05, 0) is 23.8 Å². The zero-order valence-corrected chi connectivity index (χ0v) is 19.8. The lowest BCUT2D eigenvalue weighted by molar-refractivity contribution is 0.0688. The van der Waals surface area contributed by atoms with Crippen LogP contribution in [0.4, 0.5) is 0 Å². The number of pyridine rings is 1. The van der Waals surface area contributed by atoms with Gasteiger partial charge in [0.25, 0.3) is 17.4 Å². The smallest absolute Gasteiger partial charge is 0.271 e. The molecule has 178 valence electrons. The fourth-order valence-corrected chi connectivity index (χ4v) is 4.01. The maximum Gasteiger partial charge on any atom is 0.271 e. The Labute approximate surface area is 196 Å². The Morgan fingerprint density at radius 1 is 1.21 bits per heavy atom. The second kappa shape index (κ2) is 10.0. The first-order chi connectivity index (χ1) is 15.5. The molecule has 0 fully saturated rings. The van der Waals surface area contributed by atoms with E-state index in [0.717, 1.165) is 16.1 Å². The minimum Gasteiger partial charge on any atom is -0.392 e. The van der Waals surface area contributed by atoms with E-state index in [0.29, 0.717) is 5.02 Å². The molecule has 2 N–H and O–H groups in total. The molecule has 33 heavy (non-hydrogen) atoms. The van der Waals surface area contributed by atoms with Crippen LogP contribution < -0.4 is 10.9 Å². The van der Waals surface area contributed by atoms with Crippen LogP contribution in [0.25, 0.3) is 0 Å². The van der Waals surface area contributed by atoms with Gasteiger partial charge in [-0.2, -0.15) is 0 Å². The largest absolute Gasteiger partial charge is 0.392 e. The highest BCUT2D eigenvalue weighted by atomic mass is 35.5. The molecule has 2 amide bonds. The highest BCUT2D eigenvalue weighted by molar-refractivity contribution is 7.88. The molecule has 0 bridgehead atoms. The zero-order chi connectivity index (χ0) is 24.3. The monoisotopic (exact) mass is 496 g/mol. The molecule has 2 heterocycles. The third kappa shape index (κ3) is 5.61. The predicted molar refractivity (Wildman–Crippen MR) is 123 cm³/mol. The van der Waals surface area contributed by atoms with E-state index in [4.69, 9.17) is 11.6 Å². The minimum absolute atomic E-state index is 0.00464. The Balaban J connectivity index is 1.81. The van der Waals surface area contributed by atoms with Gasteiger partial charge in [0.1, 0.15) is 11.3 Å². The van der Waals surface area contributed by atoms with Crippen LogP contribution in [0.5, 0.6) is 0 Å². The van der Waals surface area contributed by atoms with Crippen LogP contribution in [-0.2, 0) is 29.7 Å². The van der Waals surface area contributed by atoms with E-state index in [2.05, 4.69) is 5.32 Å². The van der Waals surface area contributed by atoms with Gasteiger partial charge in [-0.1, -0.05) is 23.7 Å². The fourth-order valence-electron chi connectivity index (χ4n) is 3.47. The van der Waals surface area contributed by atoms with Crippen molar-refractivity contribution in [2.24, 2.45) is 0 Å². The van der Waals surface area contributed by atoms with Gasteiger partial charge in [0.15, 0.2) is 0 Å². The van der Waals surface area contributed by atoms with Crippen LogP contribution >= 0.6 is 11.6 Å². The molecule has 12 heteroatoms. The van der Waals surface area contributed by atoms with Crippen molar-refractivity contribution in [1.29, 1.82) is 0 Å². The van der Waals surface area contributed by atoms with Gasteiger partial charge in [-0.3, -0.25) is 14.4 Å². The number of carbonyl (C=O) groups excluding carboxylic acids is 2. The summed E-state index contributed by atoms with van der Waals surface area (Å²) in [4.78, 5) is 40.1. The molecule has 10 nitrogen and oxygen atoms in total. The Morgan fingerprint density at radius 3 is 2.48 bits per heavy atom. The van der Waals surface area contributed by atoms with Crippen LogP contribution in [0.15, 0.2) is 35.1 Å². The van der Waals surface area contributed by atoms with Crippen molar-refractivity contribution in [2.75, 3.05) is 32.9 Å². The first-order valence-electron chi connectivity index (χ1n) is 10.1. The van der Waals surface area contributed by atoms with Crippen molar-refractivity contribution >= 4 is 33.4 Å². The highest BCUT2D eigenvalue weighted by Gasteiger charge is 2.30. The van der Waals surface area contributed by atoms with Gasteiger partial charge in [0.05, 0.1) is 12.9 Å². The van der Waals surface area contributed by atoms with E-state index in [1.807, 2.05) is 0 Å². The van der Waals surface area contributed by atoms with Gasteiger partial charge in [-0.15, -0.1) is 0 Å².